The molecule has 1 aromatic rings. The fraction of sp³-hybridized carbons (Fsp3) is 0.500. The Labute approximate surface area is 146 Å². The Morgan fingerprint density at radius 2 is 2.08 bits per heavy atom. The molecule has 1 aromatic carbocycles. The number of hydrogen-bond acceptors (Lipinski definition) is 5. The standard InChI is InChI=1S/C18H22N4O3/c23-16-4-3-15(17(24)21-16)22-10-12-2-1-11(7-14(12)18(22)25)8-20-13-5-6-19-9-13/h1-2,7,13,15,19-20H,3-6,8-10H2,(H,21,23,24). The van der Waals surface area contributed by atoms with Crippen LogP contribution in [0.2, 0.25) is 0 Å². The summed E-state index contributed by atoms with van der Waals surface area (Å²) in [5.74, 6) is -0.748. The second kappa shape index (κ2) is 6.57. The molecule has 0 radical (unpaired) electrons. The lowest BCUT2D eigenvalue weighted by atomic mass is 10.0. The van der Waals surface area contributed by atoms with Crippen molar-refractivity contribution in [2.24, 2.45) is 0 Å². The van der Waals surface area contributed by atoms with E-state index in [0.29, 0.717) is 24.6 Å². The maximum atomic E-state index is 12.8. The fourth-order valence-corrected chi connectivity index (χ4v) is 3.80. The molecule has 0 bridgehead atoms. The number of hydrogen-bond donors (Lipinski definition) is 3. The van der Waals surface area contributed by atoms with E-state index in [9.17, 15) is 14.4 Å². The smallest absolute Gasteiger partial charge is 0.255 e. The number of nitrogens with one attached hydrogen (secondary N) is 3. The van der Waals surface area contributed by atoms with E-state index in [1.54, 1.807) is 4.90 Å². The molecule has 0 spiro atoms. The average Bonchev–Trinajstić information content (AvgIpc) is 3.22. The summed E-state index contributed by atoms with van der Waals surface area (Å²) in [6, 6.07) is 5.87. The SMILES string of the molecule is O=C1CCC(N2Cc3ccc(CNC4CCNC4)cc3C2=O)C(=O)N1. The van der Waals surface area contributed by atoms with Crippen molar-refractivity contribution in [2.45, 2.75) is 44.4 Å². The van der Waals surface area contributed by atoms with Crippen molar-refractivity contribution in [3.63, 3.8) is 0 Å². The van der Waals surface area contributed by atoms with Crippen molar-refractivity contribution in [3.05, 3.63) is 34.9 Å². The van der Waals surface area contributed by atoms with Gasteiger partial charge < -0.3 is 15.5 Å². The van der Waals surface area contributed by atoms with Crippen LogP contribution in [0.25, 0.3) is 0 Å². The first kappa shape index (κ1) is 16.2. The molecule has 0 aliphatic carbocycles. The minimum absolute atomic E-state index is 0.117. The Bertz CT molecular complexity index is 727. The van der Waals surface area contributed by atoms with Gasteiger partial charge in [-0.2, -0.15) is 0 Å². The highest BCUT2D eigenvalue weighted by Gasteiger charge is 2.39. The first-order chi connectivity index (χ1) is 12.1. The van der Waals surface area contributed by atoms with Crippen LogP contribution in [0.5, 0.6) is 0 Å². The Hall–Kier alpha value is -2.25. The van der Waals surface area contributed by atoms with Gasteiger partial charge in [-0.1, -0.05) is 12.1 Å². The van der Waals surface area contributed by atoms with E-state index in [4.69, 9.17) is 0 Å². The summed E-state index contributed by atoms with van der Waals surface area (Å²) in [5, 5.41) is 9.15. The van der Waals surface area contributed by atoms with Gasteiger partial charge in [0, 0.05) is 37.7 Å². The van der Waals surface area contributed by atoms with Gasteiger partial charge in [-0.3, -0.25) is 19.7 Å². The van der Waals surface area contributed by atoms with E-state index in [2.05, 4.69) is 16.0 Å². The van der Waals surface area contributed by atoms with Gasteiger partial charge in [0.1, 0.15) is 6.04 Å². The third-order valence-electron chi connectivity index (χ3n) is 5.25. The Balaban J connectivity index is 1.46. The number of fused-ring (bicyclic) bond motifs is 1. The largest absolute Gasteiger partial charge is 0.322 e. The van der Waals surface area contributed by atoms with Gasteiger partial charge in [-0.15, -0.1) is 0 Å². The molecule has 3 heterocycles. The highest BCUT2D eigenvalue weighted by Crippen LogP contribution is 2.28. The number of imide groups is 1. The first-order valence-electron chi connectivity index (χ1n) is 8.82. The molecular weight excluding hydrogens is 320 g/mol. The van der Waals surface area contributed by atoms with Crippen LogP contribution in [0.15, 0.2) is 18.2 Å². The van der Waals surface area contributed by atoms with Crippen LogP contribution in [0, 0.1) is 0 Å². The van der Waals surface area contributed by atoms with Crippen LogP contribution in [-0.4, -0.2) is 47.8 Å². The van der Waals surface area contributed by atoms with E-state index in [1.807, 2.05) is 18.2 Å². The lowest BCUT2D eigenvalue weighted by Gasteiger charge is -2.29. The Morgan fingerprint density at radius 3 is 2.84 bits per heavy atom. The van der Waals surface area contributed by atoms with Gasteiger partial charge in [-0.05, 0) is 36.6 Å². The molecule has 4 rings (SSSR count). The average molecular weight is 342 g/mol. The van der Waals surface area contributed by atoms with Crippen LogP contribution < -0.4 is 16.0 Å². The van der Waals surface area contributed by atoms with Crippen molar-refractivity contribution in [3.8, 4) is 0 Å². The second-order valence-electron chi connectivity index (χ2n) is 6.96. The van der Waals surface area contributed by atoms with Crippen LogP contribution in [0.1, 0.15) is 40.7 Å². The van der Waals surface area contributed by atoms with Crippen molar-refractivity contribution < 1.29 is 14.4 Å². The van der Waals surface area contributed by atoms with Crippen LogP contribution in [-0.2, 0) is 22.7 Å². The van der Waals surface area contributed by atoms with Crippen molar-refractivity contribution >= 4 is 17.7 Å². The first-order valence-corrected chi connectivity index (χ1v) is 8.82. The minimum atomic E-state index is -0.552. The molecule has 0 saturated carbocycles. The predicted molar refractivity (Wildman–Crippen MR) is 90.6 cm³/mol. The molecular formula is C18H22N4O3. The fourth-order valence-electron chi connectivity index (χ4n) is 3.80. The highest BCUT2D eigenvalue weighted by molar-refractivity contribution is 6.05. The van der Waals surface area contributed by atoms with Crippen molar-refractivity contribution in [1.82, 2.24) is 20.9 Å². The highest BCUT2D eigenvalue weighted by atomic mass is 16.2. The number of benzene rings is 1. The maximum Gasteiger partial charge on any atom is 0.255 e. The van der Waals surface area contributed by atoms with E-state index >= 15 is 0 Å². The van der Waals surface area contributed by atoms with Gasteiger partial charge in [0.15, 0.2) is 0 Å². The number of carbonyl (C=O) groups excluding carboxylic acids is 3. The molecule has 25 heavy (non-hydrogen) atoms. The number of nitrogens with zero attached hydrogens (tertiary/aromatic N) is 1. The van der Waals surface area contributed by atoms with Gasteiger partial charge in [0.05, 0.1) is 0 Å². The van der Waals surface area contributed by atoms with Gasteiger partial charge >= 0.3 is 0 Å². The molecule has 3 amide bonds. The van der Waals surface area contributed by atoms with E-state index < -0.39 is 6.04 Å². The molecule has 3 N–H and O–H groups in total. The molecule has 2 unspecified atom stereocenters. The second-order valence-corrected chi connectivity index (χ2v) is 6.96. The number of amides is 3. The Morgan fingerprint density at radius 1 is 1.20 bits per heavy atom. The summed E-state index contributed by atoms with van der Waals surface area (Å²) in [7, 11) is 0. The minimum Gasteiger partial charge on any atom is -0.322 e. The van der Waals surface area contributed by atoms with E-state index in [0.717, 1.165) is 37.2 Å². The van der Waals surface area contributed by atoms with Crippen LogP contribution in [0.4, 0.5) is 0 Å². The topological polar surface area (TPSA) is 90.5 Å². The number of carbonyl (C=O) groups is 3. The van der Waals surface area contributed by atoms with Gasteiger partial charge in [0.2, 0.25) is 11.8 Å². The lowest BCUT2D eigenvalue weighted by Crippen LogP contribution is -2.52. The molecule has 3 aliphatic heterocycles. The van der Waals surface area contributed by atoms with Gasteiger partial charge in [-0.25, -0.2) is 0 Å². The summed E-state index contributed by atoms with van der Waals surface area (Å²) in [5.41, 5.74) is 2.69. The van der Waals surface area contributed by atoms with E-state index in [1.165, 1.54) is 0 Å². The third-order valence-corrected chi connectivity index (χ3v) is 5.25. The van der Waals surface area contributed by atoms with Gasteiger partial charge in [0.25, 0.3) is 5.91 Å². The monoisotopic (exact) mass is 342 g/mol. The summed E-state index contributed by atoms with van der Waals surface area (Å²) < 4.78 is 0. The zero-order valence-electron chi connectivity index (χ0n) is 14.0. The zero-order chi connectivity index (χ0) is 17.4. The van der Waals surface area contributed by atoms with Crippen molar-refractivity contribution in [2.75, 3.05) is 13.1 Å². The molecule has 2 saturated heterocycles. The summed E-state index contributed by atoms with van der Waals surface area (Å²) in [6.07, 6.45) is 1.79. The third kappa shape index (κ3) is 3.17. The number of piperidine rings is 1. The van der Waals surface area contributed by atoms with Crippen molar-refractivity contribution in [1.29, 1.82) is 0 Å². The predicted octanol–water partition coefficient (Wildman–Crippen LogP) is -0.101. The lowest BCUT2D eigenvalue weighted by molar-refractivity contribution is -0.136. The molecule has 7 heteroatoms. The van der Waals surface area contributed by atoms with E-state index in [-0.39, 0.29) is 24.1 Å². The summed E-state index contributed by atoms with van der Waals surface area (Å²) >= 11 is 0. The molecule has 2 fully saturated rings. The number of rotatable bonds is 4. The molecule has 132 valence electrons. The summed E-state index contributed by atoms with van der Waals surface area (Å²) in [6.45, 7) is 3.18. The molecule has 7 nitrogen and oxygen atoms in total. The van der Waals surface area contributed by atoms with Crippen LogP contribution >= 0.6 is 0 Å². The maximum absolute atomic E-state index is 12.8. The summed E-state index contributed by atoms with van der Waals surface area (Å²) in [4.78, 5) is 37.7. The Kier molecular flexibility index (Phi) is 4.27. The normalized spacial score (nSPS) is 26.1. The molecule has 2 atom stereocenters. The van der Waals surface area contributed by atoms with Crippen LogP contribution in [0.3, 0.4) is 0 Å². The molecule has 0 aromatic heterocycles. The zero-order valence-corrected chi connectivity index (χ0v) is 14.0. The quantitative estimate of drug-likeness (QED) is 0.665. The molecule has 3 aliphatic rings.